The lowest BCUT2D eigenvalue weighted by molar-refractivity contribution is 0.583. The normalized spacial score (nSPS) is 12.1. The predicted octanol–water partition coefficient (Wildman–Crippen LogP) is 0.202. The highest BCUT2D eigenvalue weighted by molar-refractivity contribution is 7.89. The van der Waals surface area contributed by atoms with Crippen molar-refractivity contribution in [3.05, 3.63) is 30.1 Å². The summed E-state index contributed by atoms with van der Waals surface area (Å²) in [6.45, 7) is 1.03. The second kappa shape index (κ2) is 5.47. The van der Waals surface area contributed by atoms with Gasteiger partial charge in [-0.05, 0) is 24.7 Å². The summed E-state index contributed by atoms with van der Waals surface area (Å²) in [4.78, 5) is 7.27. The van der Waals surface area contributed by atoms with Crippen LogP contribution in [0.15, 0.2) is 24.5 Å². The van der Waals surface area contributed by atoms with Gasteiger partial charge in [-0.25, -0.2) is 18.1 Å². The zero-order valence-corrected chi connectivity index (χ0v) is 10.9. The summed E-state index contributed by atoms with van der Waals surface area (Å²) in [7, 11) is -1.72. The van der Waals surface area contributed by atoms with E-state index < -0.39 is 10.0 Å². The average Bonchev–Trinajstić information content (AvgIpc) is 2.78. The summed E-state index contributed by atoms with van der Waals surface area (Å²) in [5.74, 6) is 0.0735. The lowest BCUT2D eigenvalue weighted by Gasteiger charge is -2.04. The Hall–Kier alpha value is -1.44. The minimum absolute atomic E-state index is 0.0735. The Balaban J connectivity index is 1.91. The van der Waals surface area contributed by atoms with Gasteiger partial charge in [0.25, 0.3) is 0 Å². The largest absolute Gasteiger partial charge is 0.346 e. The number of nitrogens with zero attached hydrogens (tertiary/aromatic N) is 1. The Labute approximate surface area is 106 Å². The predicted molar refractivity (Wildman–Crippen MR) is 70.6 cm³/mol. The number of hydrogen-bond donors (Lipinski definition) is 3. The number of nitrogens with one attached hydrogen (secondary N) is 3. The Morgan fingerprint density at radius 3 is 3.06 bits per heavy atom. The molecule has 7 heteroatoms. The molecule has 0 aromatic carbocycles. The van der Waals surface area contributed by atoms with E-state index in [0.29, 0.717) is 13.1 Å². The molecule has 2 aromatic heterocycles. The molecular formula is C11H16N4O2S. The fourth-order valence-electron chi connectivity index (χ4n) is 1.69. The standard InChI is InChI=1S/C11H16N4O2S/c1-12-18(16,17)6-5-13-7-9-8-15-11-10(9)3-2-4-14-11/h2-4,8,12-13H,5-7H2,1H3,(H,14,15). The molecule has 0 bridgehead atoms. The number of aromatic amines is 1. The fraction of sp³-hybridized carbons (Fsp3) is 0.364. The average molecular weight is 268 g/mol. The van der Waals surface area contributed by atoms with E-state index in [-0.39, 0.29) is 5.75 Å². The molecule has 18 heavy (non-hydrogen) atoms. The monoisotopic (exact) mass is 268 g/mol. The van der Waals surface area contributed by atoms with Crippen LogP contribution in [0.2, 0.25) is 0 Å². The van der Waals surface area contributed by atoms with Gasteiger partial charge in [0.05, 0.1) is 5.75 Å². The highest BCUT2D eigenvalue weighted by Crippen LogP contribution is 2.14. The van der Waals surface area contributed by atoms with Crippen LogP contribution in [0.3, 0.4) is 0 Å². The van der Waals surface area contributed by atoms with Crippen molar-refractivity contribution in [1.29, 1.82) is 0 Å². The molecule has 0 amide bonds. The van der Waals surface area contributed by atoms with Gasteiger partial charge in [-0.3, -0.25) is 0 Å². The van der Waals surface area contributed by atoms with Crippen LogP contribution in [-0.4, -0.2) is 37.7 Å². The van der Waals surface area contributed by atoms with Crippen molar-refractivity contribution in [2.45, 2.75) is 6.54 Å². The van der Waals surface area contributed by atoms with Crippen molar-refractivity contribution >= 4 is 21.1 Å². The Kier molecular flexibility index (Phi) is 3.95. The molecule has 0 aliphatic carbocycles. The maximum absolute atomic E-state index is 11.2. The number of hydrogen-bond acceptors (Lipinski definition) is 4. The second-order valence-electron chi connectivity index (χ2n) is 3.91. The topological polar surface area (TPSA) is 86.9 Å². The SMILES string of the molecule is CNS(=O)(=O)CCNCc1c[nH]c2ncccc12. The maximum Gasteiger partial charge on any atom is 0.212 e. The molecule has 0 radical (unpaired) electrons. The smallest absolute Gasteiger partial charge is 0.212 e. The molecule has 0 aliphatic heterocycles. The first-order chi connectivity index (χ1) is 8.62. The molecule has 6 nitrogen and oxygen atoms in total. The number of pyridine rings is 1. The lowest BCUT2D eigenvalue weighted by atomic mass is 10.2. The van der Waals surface area contributed by atoms with Crippen LogP contribution in [0.4, 0.5) is 0 Å². The number of H-pyrrole nitrogens is 1. The molecule has 0 fully saturated rings. The number of fused-ring (bicyclic) bond motifs is 1. The number of aromatic nitrogens is 2. The third-order valence-corrected chi connectivity index (χ3v) is 4.07. The van der Waals surface area contributed by atoms with E-state index >= 15 is 0 Å². The van der Waals surface area contributed by atoms with E-state index in [4.69, 9.17) is 0 Å². The van der Waals surface area contributed by atoms with Gasteiger partial charge >= 0.3 is 0 Å². The van der Waals surface area contributed by atoms with Crippen LogP contribution in [0, 0.1) is 0 Å². The van der Waals surface area contributed by atoms with E-state index in [1.165, 1.54) is 7.05 Å². The summed E-state index contributed by atoms with van der Waals surface area (Å²) in [5.41, 5.74) is 1.93. The Bertz CT molecular complexity index is 621. The van der Waals surface area contributed by atoms with Gasteiger partial charge in [0.1, 0.15) is 5.65 Å². The second-order valence-corrected chi connectivity index (χ2v) is 5.96. The molecular weight excluding hydrogens is 252 g/mol. The fourth-order valence-corrected chi connectivity index (χ4v) is 2.31. The Morgan fingerprint density at radius 1 is 1.44 bits per heavy atom. The summed E-state index contributed by atoms with van der Waals surface area (Å²) in [6.07, 6.45) is 3.62. The van der Waals surface area contributed by atoms with Crippen molar-refractivity contribution < 1.29 is 8.42 Å². The minimum Gasteiger partial charge on any atom is -0.346 e. The minimum atomic E-state index is -3.14. The summed E-state index contributed by atoms with van der Waals surface area (Å²) >= 11 is 0. The number of sulfonamides is 1. The van der Waals surface area contributed by atoms with Crippen molar-refractivity contribution in [1.82, 2.24) is 20.0 Å². The maximum atomic E-state index is 11.2. The van der Waals surface area contributed by atoms with Crippen molar-refractivity contribution in [2.24, 2.45) is 0 Å². The van der Waals surface area contributed by atoms with Crippen molar-refractivity contribution in [2.75, 3.05) is 19.3 Å². The molecule has 98 valence electrons. The van der Waals surface area contributed by atoms with Crippen LogP contribution >= 0.6 is 0 Å². The first-order valence-electron chi connectivity index (χ1n) is 5.65. The molecule has 2 aromatic rings. The van der Waals surface area contributed by atoms with Gasteiger partial charge < -0.3 is 10.3 Å². The molecule has 2 heterocycles. The number of rotatable bonds is 6. The molecule has 0 aliphatic rings. The summed E-state index contributed by atoms with van der Waals surface area (Å²) in [6, 6.07) is 3.87. The van der Waals surface area contributed by atoms with E-state index in [1.807, 2.05) is 18.3 Å². The molecule has 3 N–H and O–H groups in total. The van der Waals surface area contributed by atoms with Gasteiger partial charge in [0, 0.05) is 30.9 Å². The Morgan fingerprint density at radius 2 is 2.28 bits per heavy atom. The van der Waals surface area contributed by atoms with Crippen LogP contribution in [-0.2, 0) is 16.6 Å². The van der Waals surface area contributed by atoms with Gasteiger partial charge in [-0.2, -0.15) is 0 Å². The van der Waals surface area contributed by atoms with E-state index in [2.05, 4.69) is 20.0 Å². The first kappa shape index (κ1) is 13.0. The highest BCUT2D eigenvalue weighted by atomic mass is 32.2. The zero-order chi connectivity index (χ0) is 13.0. The molecule has 0 unspecified atom stereocenters. The quantitative estimate of drug-likeness (QED) is 0.653. The molecule has 2 rings (SSSR count). The van der Waals surface area contributed by atoms with E-state index in [0.717, 1.165) is 16.6 Å². The van der Waals surface area contributed by atoms with Crippen LogP contribution < -0.4 is 10.0 Å². The molecule has 0 saturated heterocycles. The van der Waals surface area contributed by atoms with Crippen LogP contribution in [0.5, 0.6) is 0 Å². The van der Waals surface area contributed by atoms with Crippen molar-refractivity contribution in [3.63, 3.8) is 0 Å². The van der Waals surface area contributed by atoms with Gasteiger partial charge in [-0.15, -0.1) is 0 Å². The third-order valence-electron chi connectivity index (χ3n) is 2.71. The zero-order valence-electron chi connectivity index (χ0n) is 10.1. The lowest BCUT2D eigenvalue weighted by Crippen LogP contribution is -2.29. The summed E-state index contributed by atoms with van der Waals surface area (Å²) < 4.78 is 24.7. The van der Waals surface area contributed by atoms with Crippen LogP contribution in [0.25, 0.3) is 11.0 Å². The molecule has 0 spiro atoms. The summed E-state index contributed by atoms with van der Waals surface area (Å²) in [5, 5.41) is 4.16. The molecule has 0 atom stereocenters. The first-order valence-corrected chi connectivity index (χ1v) is 7.30. The van der Waals surface area contributed by atoms with Crippen molar-refractivity contribution in [3.8, 4) is 0 Å². The van der Waals surface area contributed by atoms with Gasteiger partial charge in [-0.1, -0.05) is 0 Å². The van der Waals surface area contributed by atoms with Gasteiger partial charge in [0.2, 0.25) is 10.0 Å². The van der Waals surface area contributed by atoms with E-state index in [9.17, 15) is 8.42 Å². The third kappa shape index (κ3) is 3.06. The van der Waals surface area contributed by atoms with Crippen LogP contribution in [0.1, 0.15) is 5.56 Å². The van der Waals surface area contributed by atoms with E-state index in [1.54, 1.807) is 6.20 Å². The molecule has 0 saturated carbocycles. The highest BCUT2D eigenvalue weighted by Gasteiger charge is 2.07. The van der Waals surface area contributed by atoms with Gasteiger partial charge in [0.15, 0.2) is 0 Å².